The predicted octanol–water partition coefficient (Wildman–Crippen LogP) is 3.53. The van der Waals surface area contributed by atoms with E-state index in [9.17, 15) is 13.2 Å². The average molecular weight is 577 g/mol. The maximum absolute atomic E-state index is 13.4. The van der Waals surface area contributed by atoms with Crippen LogP contribution in [0.1, 0.15) is 0 Å². The fourth-order valence-electron chi connectivity index (χ4n) is 3.72. The largest absolute Gasteiger partial charge is 0.497 e. The zero-order chi connectivity index (χ0) is 25.0. The number of thiazole rings is 1. The molecule has 0 aliphatic carbocycles. The highest BCUT2D eigenvalue weighted by atomic mass is 35.5. The van der Waals surface area contributed by atoms with Crippen molar-refractivity contribution in [2.45, 2.75) is 4.90 Å². The lowest BCUT2D eigenvalue weighted by molar-refractivity contribution is -0.116. The predicted molar refractivity (Wildman–Crippen MR) is 143 cm³/mol. The number of rotatable bonds is 9. The second-order valence-corrected chi connectivity index (χ2v) is 11.2. The number of hydrogen-bond donors (Lipinski definition) is 0. The van der Waals surface area contributed by atoms with E-state index in [1.54, 1.807) is 24.3 Å². The van der Waals surface area contributed by atoms with Crippen LogP contribution in [0.3, 0.4) is 0 Å². The summed E-state index contributed by atoms with van der Waals surface area (Å²) in [6.45, 7) is 3.55. The van der Waals surface area contributed by atoms with Crippen molar-refractivity contribution in [1.82, 2.24) is 9.88 Å². The quantitative estimate of drug-likeness (QED) is 0.382. The number of benzene rings is 2. The molecule has 1 saturated heterocycles. The first-order valence-corrected chi connectivity index (χ1v) is 13.8. The van der Waals surface area contributed by atoms with Gasteiger partial charge in [-0.3, -0.25) is 14.6 Å². The molecule has 0 N–H and O–H groups in total. The molecule has 0 radical (unpaired) electrons. The Morgan fingerprint density at radius 1 is 1.14 bits per heavy atom. The Labute approximate surface area is 225 Å². The van der Waals surface area contributed by atoms with E-state index < -0.39 is 21.5 Å². The van der Waals surface area contributed by atoms with E-state index in [0.29, 0.717) is 51.6 Å². The minimum atomic E-state index is -3.89. The zero-order valence-corrected chi connectivity index (χ0v) is 23.0. The van der Waals surface area contributed by atoms with Crippen LogP contribution >= 0.6 is 35.3 Å². The minimum Gasteiger partial charge on any atom is -0.497 e. The number of morpholine rings is 1. The van der Waals surface area contributed by atoms with Gasteiger partial charge < -0.3 is 14.2 Å². The van der Waals surface area contributed by atoms with Crippen LogP contribution in [0.15, 0.2) is 41.3 Å². The van der Waals surface area contributed by atoms with Crippen LogP contribution in [0.2, 0.25) is 5.02 Å². The number of amides is 1. The van der Waals surface area contributed by atoms with E-state index in [-0.39, 0.29) is 23.8 Å². The second-order valence-electron chi connectivity index (χ2n) is 7.86. The molecule has 9 nitrogen and oxygen atoms in total. The summed E-state index contributed by atoms with van der Waals surface area (Å²) in [5.41, 5.74) is 0.530. The highest BCUT2D eigenvalue weighted by molar-refractivity contribution is 7.92. The number of sulfone groups is 1. The fourth-order valence-corrected chi connectivity index (χ4v) is 6.22. The van der Waals surface area contributed by atoms with Gasteiger partial charge in [0.15, 0.2) is 15.0 Å². The highest BCUT2D eigenvalue weighted by Gasteiger charge is 2.28. The van der Waals surface area contributed by atoms with Gasteiger partial charge in [0.05, 0.1) is 42.1 Å². The summed E-state index contributed by atoms with van der Waals surface area (Å²) in [7, 11) is -0.855. The summed E-state index contributed by atoms with van der Waals surface area (Å²) < 4.78 is 42.6. The number of aromatic nitrogens is 1. The molecule has 1 amide bonds. The third kappa shape index (κ3) is 6.39. The van der Waals surface area contributed by atoms with Crippen LogP contribution in [0.4, 0.5) is 5.13 Å². The van der Waals surface area contributed by atoms with E-state index >= 15 is 0 Å². The summed E-state index contributed by atoms with van der Waals surface area (Å²) in [5.74, 6) is -0.201. The first-order chi connectivity index (χ1) is 16.8. The summed E-state index contributed by atoms with van der Waals surface area (Å²) in [5, 5.41) is 0.852. The normalized spacial score (nSPS) is 14.3. The Balaban J connectivity index is 0.00000361. The van der Waals surface area contributed by atoms with Crippen LogP contribution in [0.25, 0.3) is 10.2 Å². The van der Waals surface area contributed by atoms with E-state index in [2.05, 4.69) is 9.88 Å². The molecule has 1 fully saturated rings. The van der Waals surface area contributed by atoms with Crippen molar-refractivity contribution in [2.24, 2.45) is 0 Å². The molecule has 2 aromatic carbocycles. The molecular weight excluding hydrogens is 549 g/mol. The maximum Gasteiger partial charge on any atom is 0.244 e. The summed E-state index contributed by atoms with van der Waals surface area (Å²) >= 11 is 7.61. The van der Waals surface area contributed by atoms with Crippen molar-refractivity contribution in [2.75, 3.05) is 64.3 Å². The molecule has 2 heterocycles. The van der Waals surface area contributed by atoms with Crippen molar-refractivity contribution < 1.29 is 27.4 Å². The monoisotopic (exact) mass is 575 g/mol. The minimum absolute atomic E-state index is 0. The van der Waals surface area contributed by atoms with E-state index in [1.165, 1.54) is 42.6 Å². The van der Waals surface area contributed by atoms with Gasteiger partial charge in [0.25, 0.3) is 0 Å². The smallest absolute Gasteiger partial charge is 0.244 e. The average Bonchev–Trinajstić information content (AvgIpc) is 3.31. The lowest BCUT2D eigenvalue weighted by Crippen LogP contribution is -2.44. The molecule has 0 bridgehead atoms. The van der Waals surface area contributed by atoms with Gasteiger partial charge in [0.1, 0.15) is 22.8 Å². The number of methoxy groups -OCH3 is 2. The van der Waals surface area contributed by atoms with Gasteiger partial charge in [0, 0.05) is 26.2 Å². The molecule has 0 spiro atoms. The lowest BCUT2D eigenvalue weighted by Gasteiger charge is -2.29. The molecule has 1 aliphatic heterocycles. The molecule has 36 heavy (non-hydrogen) atoms. The number of carbonyl (C=O) groups excluding carboxylic acids is 1. The van der Waals surface area contributed by atoms with Gasteiger partial charge in [-0.25, -0.2) is 13.4 Å². The molecule has 1 aromatic heterocycles. The Bertz CT molecular complexity index is 1300. The molecule has 196 valence electrons. The van der Waals surface area contributed by atoms with Crippen LogP contribution in [0, 0.1) is 0 Å². The van der Waals surface area contributed by atoms with Crippen molar-refractivity contribution in [3.8, 4) is 11.5 Å². The molecular formula is C23H27Cl2N3O6S2. The van der Waals surface area contributed by atoms with Crippen LogP contribution < -0.4 is 14.4 Å². The van der Waals surface area contributed by atoms with Crippen molar-refractivity contribution in [3.05, 3.63) is 41.4 Å². The zero-order valence-electron chi connectivity index (χ0n) is 19.8. The van der Waals surface area contributed by atoms with Crippen LogP contribution in [0.5, 0.6) is 11.5 Å². The molecule has 13 heteroatoms. The van der Waals surface area contributed by atoms with Crippen molar-refractivity contribution >= 4 is 66.4 Å². The molecule has 0 atom stereocenters. The van der Waals surface area contributed by atoms with Crippen molar-refractivity contribution in [1.29, 1.82) is 0 Å². The number of nitrogens with zero attached hydrogens (tertiary/aromatic N) is 3. The first kappa shape index (κ1) is 28.4. The Morgan fingerprint density at radius 3 is 2.47 bits per heavy atom. The third-order valence-corrected chi connectivity index (χ3v) is 8.83. The molecule has 0 unspecified atom stereocenters. The number of ether oxygens (including phenoxy) is 3. The topological polar surface area (TPSA) is 98.3 Å². The number of hydrogen-bond acceptors (Lipinski definition) is 9. The second kappa shape index (κ2) is 12.4. The van der Waals surface area contributed by atoms with Gasteiger partial charge in [-0.15, -0.1) is 12.4 Å². The van der Waals surface area contributed by atoms with Crippen LogP contribution in [-0.4, -0.2) is 83.6 Å². The maximum atomic E-state index is 13.4. The summed E-state index contributed by atoms with van der Waals surface area (Å²) in [4.78, 5) is 21.7. The number of anilines is 1. The SMILES string of the molecule is COc1ccc(S(=O)(=O)CC(=O)N(CCN2CCOCC2)c2nc3c(OC)ccc(Cl)c3s2)cc1.Cl. The highest BCUT2D eigenvalue weighted by Crippen LogP contribution is 2.38. The Hall–Kier alpha value is -2.15. The molecule has 1 aliphatic rings. The van der Waals surface area contributed by atoms with E-state index in [4.69, 9.17) is 25.8 Å². The molecule has 4 rings (SSSR count). The Morgan fingerprint density at radius 2 is 1.83 bits per heavy atom. The van der Waals surface area contributed by atoms with Gasteiger partial charge in [0.2, 0.25) is 5.91 Å². The molecule has 3 aromatic rings. The van der Waals surface area contributed by atoms with Gasteiger partial charge >= 0.3 is 0 Å². The Kier molecular flexibility index (Phi) is 9.79. The van der Waals surface area contributed by atoms with Gasteiger partial charge in [-0.2, -0.15) is 0 Å². The number of fused-ring (bicyclic) bond motifs is 1. The van der Waals surface area contributed by atoms with Gasteiger partial charge in [-0.05, 0) is 36.4 Å². The summed E-state index contributed by atoms with van der Waals surface area (Å²) in [6.07, 6.45) is 0. The first-order valence-electron chi connectivity index (χ1n) is 10.9. The summed E-state index contributed by atoms with van der Waals surface area (Å²) in [6, 6.07) is 9.38. The molecule has 0 saturated carbocycles. The lowest BCUT2D eigenvalue weighted by atomic mass is 10.3. The number of halogens is 2. The fraction of sp³-hybridized carbons (Fsp3) is 0.391. The van der Waals surface area contributed by atoms with Gasteiger partial charge in [-0.1, -0.05) is 22.9 Å². The van der Waals surface area contributed by atoms with Crippen LogP contribution in [-0.2, 0) is 19.4 Å². The standard InChI is InChI=1S/C23H26ClN3O6S2.ClH/c1-31-16-3-5-17(6-4-16)35(29,30)15-20(28)27(10-9-26-11-13-33-14-12-26)23-25-21-19(32-2)8-7-18(24)22(21)34-23;/h3-8H,9-15H2,1-2H3;1H. The van der Waals surface area contributed by atoms with Crippen molar-refractivity contribution in [3.63, 3.8) is 0 Å². The number of carbonyl (C=O) groups is 1. The van der Waals surface area contributed by atoms with E-state index in [1.807, 2.05) is 0 Å². The third-order valence-electron chi connectivity index (χ3n) is 5.67. The van der Waals surface area contributed by atoms with E-state index in [0.717, 1.165) is 13.1 Å².